The molecule has 0 aliphatic carbocycles. The zero-order valence-electron chi connectivity index (χ0n) is 87.6. The van der Waals surface area contributed by atoms with Gasteiger partial charge in [0.1, 0.15) is 0 Å². The van der Waals surface area contributed by atoms with Gasteiger partial charge in [-0.15, -0.1) is 23.5 Å². The van der Waals surface area contributed by atoms with Crippen molar-refractivity contribution in [3.63, 3.8) is 0 Å². The Bertz CT molecular complexity index is 2600. The van der Waals surface area contributed by atoms with Crippen molar-refractivity contribution in [3.8, 4) is 0 Å². The van der Waals surface area contributed by atoms with E-state index in [0.717, 1.165) is 176 Å². The highest BCUT2D eigenvalue weighted by molar-refractivity contribution is 8.04. The number of urea groups is 1. The summed E-state index contributed by atoms with van der Waals surface area (Å²) in [4.78, 5) is 78.9. The zero-order chi connectivity index (χ0) is 98.3. The van der Waals surface area contributed by atoms with Crippen molar-refractivity contribution in [3.05, 3.63) is 109 Å². The van der Waals surface area contributed by atoms with Crippen LogP contribution in [0.1, 0.15) is 390 Å². The van der Waals surface area contributed by atoms with Gasteiger partial charge in [0.15, 0.2) is 0 Å². The quantitative estimate of drug-likeness (QED) is 0.104. The van der Waals surface area contributed by atoms with Gasteiger partial charge in [0.05, 0.1) is 10.1 Å². The molecular formula is C105H217N11O7S2. The Morgan fingerprint density at radius 3 is 0.808 bits per heavy atom. The van der Waals surface area contributed by atoms with Crippen LogP contribution in [0, 0.1) is 88.8 Å². The SMILES string of the molecule is C.C.C.C=C1C=CN(C(C)C)C(=O)N1.C=C1CC(C(C)C)C(=O)N1.C=C1CCC(C(C)C)C(=O)N1.C=C1CCC(C(C)C)C(=O)N1.C=C1CCC(C(C)C)C(=O)N1.C=C1CCC(C(C)C)CN1.C=C1NCC(C(C)C)S1.C=C1NCC(C(C)C)S1.CC.CC.CC.CC.CC.CC.CC.CC.CC.CC.CC(C)C.CC(C)C1CCCNC1=O.O=C1CCCN1. The minimum absolute atomic E-state index is 0. The number of amides is 8. The minimum Gasteiger partial charge on any atom is -0.389 e. The van der Waals surface area contributed by atoms with Crippen LogP contribution in [0.3, 0.4) is 0 Å². The molecule has 8 unspecified atom stereocenters. The van der Waals surface area contributed by atoms with Crippen molar-refractivity contribution in [1.82, 2.24) is 58.1 Å². The average Bonchev–Trinajstić information content (AvgIpc) is 0.987. The first-order valence-corrected chi connectivity index (χ1v) is 49.8. The van der Waals surface area contributed by atoms with Gasteiger partial charge in [0, 0.05) is 126 Å². The number of nitrogens with one attached hydrogen (secondary N) is 10. The van der Waals surface area contributed by atoms with E-state index in [9.17, 15) is 33.6 Å². The molecule has 10 aliphatic rings. The third-order valence-corrected chi connectivity index (χ3v) is 21.4. The number of hydrogen-bond donors (Lipinski definition) is 10. The van der Waals surface area contributed by atoms with Crippen LogP contribution in [0.5, 0.6) is 0 Å². The van der Waals surface area contributed by atoms with E-state index in [4.69, 9.17) is 0 Å². The van der Waals surface area contributed by atoms with Crippen LogP contribution in [-0.2, 0) is 28.8 Å². The van der Waals surface area contributed by atoms with Crippen LogP contribution in [-0.4, -0.2) is 95.6 Å². The smallest absolute Gasteiger partial charge is 0.326 e. The fraction of sp³-hybridized carbons (Fsp3) is 0.762. The summed E-state index contributed by atoms with van der Waals surface area (Å²) in [5.41, 5.74) is 5.33. The number of rotatable bonds is 9. The molecule has 0 aromatic heterocycles. The predicted molar refractivity (Wildman–Crippen MR) is 567 cm³/mol. The summed E-state index contributed by atoms with van der Waals surface area (Å²) < 4.78 is 0. The first kappa shape index (κ1) is 150. The Labute approximate surface area is 788 Å². The molecule has 18 nitrogen and oxygen atoms in total. The van der Waals surface area contributed by atoms with Crippen LogP contribution in [0.25, 0.3) is 0 Å². The second kappa shape index (κ2) is 98.4. The molecule has 9 saturated heterocycles. The van der Waals surface area contributed by atoms with E-state index in [-0.39, 0.29) is 99.4 Å². The Morgan fingerprint density at radius 1 is 0.320 bits per heavy atom. The second-order valence-electron chi connectivity index (χ2n) is 31.8. The molecule has 10 aliphatic heterocycles. The van der Waals surface area contributed by atoms with Crippen LogP contribution >= 0.6 is 23.5 Å². The highest BCUT2D eigenvalue weighted by atomic mass is 32.2. The van der Waals surface area contributed by atoms with E-state index in [2.05, 4.69) is 237 Å². The summed E-state index contributed by atoms with van der Waals surface area (Å²) in [6, 6.07) is 0.0897. The average molecular weight is 1810 g/mol. The molecule has 10 N–H and O–H groups in total. The van der Waals surface area contributed by atoms with Crippen molar-refractivity contribution >= 4 is 65.0 Å². The number of carbonyl (C=O) groups is 7. The molecule has 10 rings (SSSR count). The largest absolute Gasteiger partial charge is 0.389 e. The fourth-order valence-electron chi connectivity index (χ4n) is 11.5. The van der Waals surface area contributed by atoms with E-state index in [0.29, 0.717) is 35.3 Å². The topological polar surface area (TPSA) is 243 Å². The molecule has 0 aromatic rings. The lowest BCUT2D eigenvalue weighted by Crippen LogP contribution is -2.42. The Balaban J connectivity index is -0.0000000887. The van der Waals surface area contributed by atoms with Crippen molar-refractivity contribution in [1.29, 1.82) is 0 Å². The minimum atomic E-state index is -0.104. The molecule has 0 bridgehead atoms. The number of piperidine rings is 5. The van der Waals surface area contributed by atoms with E-state index >= 15 is 0 Å². The zero-order valence-corrected chi connectivity index (χ0v) is 89.2. The van der Waals surface area contributed by atoms with Crippen molar-refractivity contribution in [2.24, 2.45) is 88.8 Å². The van der Waals surface area contributed by atoms with E-state index in [1.54, 1.807) is 17.2 Å². The molecule has 746 valence electrons. The van der Waals surface area contributed by atoms with E-state index in [1.807, 2.05) is 176 Å². The normalized spacial score (nSPS) is 20.3. The molecule has 0 radical (unpaired) electrons. The van der Waals surface area contributed by atoms with Crippen LogP contribution in [0.2, 0.25) is 0 Å². The lowest BCUT2D eigenvalue weighted by molar-refractivity contribution is -0.128. The van der Waals surface area contributed by atoms with Gasteiger partial charge in [-0.3, -0.25) is 33.7 Å². The Kier molecular flexibility index (Phi) is 118. The van der Waals surface area contributed by atoms with Gasteiger partial charge in [-0.2, -0.15) is 0 Å². The molecule has 8 amide bonds. The standard InChI is InChI=1S/3C9H15NO.C9H17N.C8H12N2O.C8H13NO.C8H15NO.2C7H13NS.C4H7NO.C4H10.10C2H6.3CH4/c3*1-6(2)8-5-4-7(3)10-9(8)11;1-7(2)9-5-4-8(3)10-6-9;1-6(2)10-5-4-7(3)9-8(10)11;1-5(2)7-4-6(3)9-8(7)10;1-6(2)7-4-3-5-9-8(7)10;2*1-5(2)7-4-8-6(3)9-7;6-4-2-1-3-5-4;1-4(2)3;10*1-2;;;/h3*6,8H,3-5H2,1-2H3,(H,10,11);7,9-10H,3-6H2,1-2H3;4-6H,3H2,1-2H3,(H,9,11);5,7H,3-4H2,1-2H3,(H,9,10);6-7H,3-5H2,1-2H3,(H,9,10);2*5,7-8H,3-4H2,1-2H3;1-3H2,(H,5,6);4H,1-3H3;10*1-2H3;3*1H4. The molecule has 0 aromatic carbocycles. The molecule has 8 atom stereocenters. The summed E-state index contributed by atoms with van der Waals surface area (Å²) in [5, 5.41) is 32.7. The van der Waals surface area contributed by atoms with Gasteiger partial charge in [0.2, 0.25) is 35.4 Å². The molecule has 125 heavy (non-hydrogen) atoms. The van der Waals surface area contributed by atoms with Gasteiger partial charge < -0.3 is 53.2 Å². The van der Waals surface area contributed by atoms with Gasteiger partial charge in [-0.05, 0) is 156 Å². The molecule has 0 saturated carbocycles. The van der Waals surface area contributed by atoms with E-state index < -0.39 is 0 Å². The number of allylic oxidation sites excluding steroid dienone is 6. The molecule has 9 fully saturated rings. The maximum Gasteiger partial charge on any atom is 0.326 e. The van der Waals surface area contributed by atoms with Crippen LogP contribution in [0.4, 0.5) is 4.79 Å². The first-order valence-electron chi connectivity index (χ1n) is 48.0. The third-order valence-electron chi connectivity index (χ3n) is 18.5. The van der Waals surface area contributed by atoms with Crippen LogP contribution in [0.15, 0.2) is 109 Å². The molecule has 10 heterocycles. The molecular weight excluding hydrogens is 1590 g/mol. The highest BCUT2D eigenvalue weighted by Crippen LogP contribution is 2.31. The number of thioether (sulfide) groups is 2. The summed E-state index contributed by atoms with van der Waals surface area (Å²) in [6.45, 7) is 120. The first-order chi connectivity index (χ1) is 57.5. The molecule has 20 heteroatoms. The van der Waals surface area contributed by atoms with Gasteiger partial charge >= 0.3 is 6.03 Å². The predicted octanol–water partition coefficient (Wildman–Crippen LogP) is 28.5. The lowest BCUT2D eigenvalue weighted by atomic mass is 9.87. The van der Waals surface area contributed by atoms with Crippen molar-refractivity contribution < 1.29 is 33.6 Å². The summed E-state index contributed by atoms with van der Waals surface area (Å²) in [7, 11) is 0. The Hall–Kier alpha value is -6.15. The maximum atomic E-state index is 11.3. The lowest BCUT2D eigenvalue weighted by Gasteiger charge is -2.27. The van der Waals surface area contributed by atoms with Gasteiger partial charge in [-0.25, -0.2) is 4.79 Å². The third kappa shape index (κ3) is 80.9. The van der Waals surface area contributed by atoms with Crippen molar-refractivity contribution in [2.45, 2.75) is 406 Å². The summed E-state index contributed by atoms with van der Waals surface area (Å²) in [6.07, 6.45) is 16.5. The maximum absolute atomic E-state index is 11.3. The summed E-state index contributed by atoms with van der Waals surface area (Å²) >= 11 is 3.74. The molecule has 0 spiro atoms. The van der Waals surface area contributed by atoms with Gasteiger partial charge in [-0.1, -0.05) is 345 Å². The van der Waals surface area contributed by atoms with Gasteiger partial charge in [0.25, 0.3) is 0 Å². The van der Waals surface area contributed by atoms with Crippen molar-refractivity contribution in [2.75, 3.05) is 32.7 Å². The number of hydrogen-bond acceptors (Lipinski definition) is 12. The van der Waals surface area contributed by atoms with Crippen LogP contribution < -0.4 is 53.2 Å². The monoisotopic (exact) mass is 1810 g/mol. The highest BCUT2D eigenvalue weighted by Gasteiger charge is 2.31. The number of nitrogens with zero attached hydrogens (tertiary/aromatic N) is 1. The number of carbonyl (C=O) groups excluding carboxylic acids is 7. The Morgan fingerprint density at radius 2 is 0.624 bits per heavy atom. The fourth-order valence-corrected chi connectivity index (χ4v) is 13.4. The summed E-state index contributed by atoms with van der Waals surface area (Å²) in [5.74, 6) is 8.38. The van der Waals surface area contributed by atoms with E-state index in [1.165, 1.54) is 18.5 Å². The second-order valence-corrected chi connectivity index (χ2v) is 34.4.